The van der Waals surface area contributed by atoms with Gasteiger partial charge in [0.15, 0.2) is 0 Å². The number of ether oxygens (including phenoxy) is 2. The second-order valence-electron chi connectivity index (χ2n) is 11.5. The van der Waals surface area contributed by atoms with Crippen molar-refractivity contribution in [1.82, 2.24) is 0 Å². The molecule has 2 aliphatic rings. The molecule has 1 aliphatic heterocycles. The first-order valence-electron chi connectivity index (χ1n) is 15.6. The molecular weight excluding hydrogens is 492 g/mol. The summed E-state index contributed by atoms with van der Waals surface area (Å²) in [5, 5.41) is 28.9. The molecule has 39 heavy (non-hydrogen) atoms. The van der Waals surface area contributed by atoms with Gasteiger partial charge in [-0.05, 0) is 74.8 Å². The number of carbonyl (C=O) groups excluding carboxylic acids is 1. The maximum atomic E-state index is 11.9. The molecule has 220 valence electrons. The summed E-state index contributed by atoms with van der Waals surface area (Å²) in [6.07, 6.45) is 20.7. The van der Waals surface area contributed by atoms with Crippen molar-refractivity contribution >= 4 is 5.97 Å². The number of aliphatic hydroxyl groups is 3. The van der Waals surface area contributed by atoms with Crippen molar-refractivity contribution in [1.29, 1.82) is 0 Å². The summed E-state index contributed by atoms with van der Waals surface area (Å²) in [6.45, 7) is -0.165. The van der Waals surface area contributed by atoms with Crippen LogP contribution in [0.5, 0.6) is 0 Å². The Hall–Kier alpha value is -1.73. The van der Waals surface area contributed by atoms with E-state index in [1.807, 2.05) is 0 Å². The summed E-state index contributed by atoms with van der Waals surface area (Å²) in [4.78, 5) is 11.9. The Morgan fingerprint density at radius 2 is 1.49 bits per heavy atom. The molecule has 3 N–H and O–H groups in total. The van der Waals surface area contributed by atoms with Gasteiger partial charge < -0.3 is 24.8 Å². The van der Waals surface area contributed by atoms with E-state index in [0.717, 1.165) is 38.0 Å². The van der Waals surface area contributed by atoms with Crippen molar-refractivity contribution < 1.29 is 29.6 Å². The van der Waals surface area contributed by atoms with Gasteiger partial charge in [0.05, 0.1) is 6.61 Å². The number of allylic oxidation sites excluding steroid dienone is 2. The molecule has 2 unspecified atom stereocenters. The summed E-state index contributed by atoms with van der Waals surface area (Å²) in [5.41, 5.74) is 3.23. The molecule has 0 amide bonds. The Kier molecular flexibility index (Phi) is 15.2. The average molecular weight is 545 g/mol. The van der Waals surface area contributed by atoms with Gasteiger partial charge in [0.25, 0.3) is 0 Å². The molecule has 6 nitrogen and oxygen atoms in total. The van der Waals surface area contributed by atoms with Crippen LogP contribution in [0.15, 0.2) is 36.4 Å². The van der Waals surface area contributed by atoms with Crippen LogP contribution in [0.1, 0.15) is 126 Å². The minimum absolute atomic E-state index is 0.165. The monoisotopic (exact) mass is 544 g/mol. The largest absolute Gasteiger partial charge is 0.433 e. The van der Waals surface area contributed by atoms with Gasteiger partial charge in [0.1, 0.15) is 18.3 Å². The maximum Gasteiger partial charge on any atom is 0.308 e. The maximum absolute atomic E-state index is 11.9. The van der Waals surface area contributed by atoms with Crippen molar-refractivity contribution in [3.05, 3.63) is 47.5 Å². The number of benzene rings is 1. The summed E-state index contributed by atoms with van der Waals surface area (Å²) < 4.78 is 10.2. The Bertz CT molecular complexity index is 839. The highest BCUT2D eigenvalue weighted by atomic mass is 16.7. The fourth-order valence-corrected chi connectivity index (χ4v) is 5.88. The predicted molar refractivity (Wildman–Crippen MR) is 154 cm³/mol. The lowest BCUT2D eigenvalue weighted by atomic mass is 9.80. The van der Waals surface area contributed by atoms with E-state index >= 15 is 0 Å². The van der Waals surface area contributed by atoms with Gasteiger partial charge in [0.2, 0.25) is 6.29 Å². The summed E-state index contributed by atoms with van der Waals surface area (Å²) >= 11 is 0. The van der Waals surface area contributed by atoms with E-state index in [1.54, 1.807) is 11.1 Å². The zero-order chi connectivity index (χ0) is 27.7. The first-order chi connectivity index (χ1) is 19.1. The van der Waals surface area contributed by atoms with E-state index in [4.69, 9.17) is 9.47 Å². The number of aryl methyl sites for hydroxylation is 1. The highest BCUT2D eigenvalue weighted by molar-refractivity contribution is 5.69. The van der Waals surface area contributed by atoms with Crippen molar-refractivity contribution in [3.8, 4) is 0 Å². The number of fused-ring (bicyclic) bond motifs is 1. The van der Waals surface area contributed by atoms with Crippen LogP contribution in [-0.4, -0.2) is 52.5 Å². The van der Waals surface area contributed by atoms with Gasteiger partial charge in [-0.2, -0.15) is 0 Å². The van der Waals surface area contributed by atoms with Gasteiger partial charge in [-0.25, -0.2) is 0 Å². The molecule has 1 fully saturated rings. The van der Waals surface area contributed by atoms with Crippen LogP contribution in [0.3, 0.4) is 0 Å². The van der Waals surface area contributed by atoms with E-state index in [0.29, 0.717) is 0 Å². The fourth-order valence-electron chi connectivity index (χ4n) is 5.88. The number of carbonyl (C=O) groups is 1. The number of esters is 1. The van der Waals surface area contributed by atoms with Gasteiger partial charge in [-0.3, -0.25) is 4.79 Å². The molecule has 1 heterocycles. The zero-order valence-corrected chi connectivity index (χ0v) is 23.9. The fraction of sp³-hybridized carbons (Fsp3) is 0.727. The van der Waals surface area contributed by atoms with E-state index in [1.165, 1.54) is 77.0 Å². The van der Waals surface area contributed by atoms with Crippen LogP contribution in [0, 0.1) is 0 Å². The van der Waals surface area contributed by atoms with Crippen LogP contribution in [0.2, 0.25) is 0 Å². The number of hydrogen-bond acceptors (Lipinski definition) is 6. The molecule has 0 bridgehead atoms. The third-order valence-electron chi connectivity index (χ3n) is 8.29. The Labute approximate surface area is 235 Å². The number of hydrogen-bond donors (Lipinski definition) is 3. The van der Waals surface area contributed by atoms with E-state index in [2.05, 4.69) is 36.4 Å². The van der Waals surface area contributed by atoms with Crippen LogP contribution in [0.25, 0.3) is 0 Å². The molecule has 3 rings (SSSR count). The second-order valence-corrected chi connectivity index (χ2v) is 11.5. The van der Waals surface area contributed by atoms with Crippen LogP contribution < -0.4 is 0 Å². The minimum atomic E-state index is -1.42. The molecule has 1 aliphatic carbocycles. The van der Waals surface area contributed by atoms with Gasteiger partial charge in [-0.1, -0.05) is 87.8 Å². The van der Waals surface area contributed by atoms with Crippen molar-refractivity contribution in [2.45, 2.75) is 146 Å². The van der Waals surface area contributed by atoms with E-state index in [9.17, 15) is 20.1 Å². The van der Waals surface area contributed by atoms with Crippen LogP contribution in [-0.2, 0) is 20.7 Å². The lowest BCUT2D eigenvalue weighted by Gasteiger charge is -2.34. The second kappa shape index (κ2) is 18.6. The molecule has 0 radical (unpaired) electrons. The SMILES string of the molecule is O=C(CCCCCCC/C=C\CCCCCCCCC1CCCc2ccccc21)OC1OC[C@@H](O)[C@@H](O)[C@@H]1O. The molecule has 6 heteroatoms. The Balaban J connectivity index is 1.06. The average Bonchev–Trinajstić information content (AvgIpc) is 2.95. The Morgan fingerprint density at radius 1 is 0.846 bits per heavy atom. The quantitative estimate of drug-likeness (QED) is 0.111. The topological polar surface area (TPSA) is 96.2 Å². The Morgan fingerprint density at radius 3 is 2.23 bits per heavy atom. The van der Waals surface area contributed by atoms with Crippen LogP contribution in [0.4, 0.5) is 0 Å². The molecule has 0 aromatic heterocycles. The lowest BCUT2D eigenvalue weighted by Crippen LogP contribution is -2.54. The highest BCUT2D eigenvalue weighted by Gasteiger charge is 2.39. The van der Waals surface area contributed by atoms with E-state index in [-0.39, 0.29) is 13.0 Å². The minimum Gasteiger partial charge on any atom is -0.433 e. The summed E-state index contributed by atoms with van der Waals surface area (Å²) in [5.74, 6) is 0.353. The molecule has 5 atom stereocenters. The highest BCUT2D eigenvalue weighted by Crippen LogP contribution is 2.35. The number of rotatable bonds is 18. The van der Waals surface area contributed by atoms with E-state index < -0.39 is 30.6 Å². The predicted octanol–water partition coefficient (Wildman–Crippen LogP) is 6.50. The first-order valence-corrected chi connectivity index (χ1v) is 15.6. The van der Waals surface area contributed by atoms with Gasteiger partial charge >= 0.3 is 5.97 Å². The molecule has 1 aromatic rings. The van der Waals surface area contributed by atoms with Crippen LogP contribution >= 0.6 is 0 Å². The summed E-state index contributed by atoms with van der Waals surface area (Å²) in [7, 11) is 0. The van der Waals surface area contributed by atoms with Crippen molar-refractivity contribution in [3.63, 3.8) is 0 Å². The third kappa shape index (κ3) is 11.7. The molecule has 1 saturated heterocycles. The number of aliphatic hydroxyl groups excluding tert-OH is 3. The lowest BCUT2D eigenvalue weighted by molar-refractivity contribution is -0.262. The van der Waals surface area contributed by atoms with Gasteiger partial charge in [0, 0.05) is 6.42 Å². The third-order valence-corrected chi connectivity index (χ3v) is 8.29. The smallest absolute Gasteiger partial charge is 0.308 e. The van der Waals surface area contributed by atoms with Crippen molar-refractivity contribution in [2.24, 2.45) is 0 Å². The molecule has 1 aromatic carbocycles. The number of unbranched alkanes of at least 4 members (excludes halogenated alkanes) is 11. The molecule has 0 saturated carbocycles. The zero-order valence-electron chi connectivity index (χ0n) is 23.9. The van der Waals surface area contributed by atoms with Crippen molar-refractivity contribution in [2.75, 3.05) is 6.61 Å². The molecular formula is C33H52O6. The normalized spacial score (nSPS) is 25.1. The first kappa shape index (κ1) is 31.8. The standard InChI is InChI=1S/C33H52O6/c34-29-25-38-33(32(37)31(29)36)39-30(35)24-15-13-11-9-7-5-3-1-2-4-6-8-10-12-14-19-26-21-18-22-27-20-16-17-23-28(26)27/h1,3,16-17,20,23,26,29,31-34,36-37H,2,4-15,18-19,21-22,24-25H2/b3-1-/t26?,29-,31-,32+,33?/m1/s1. The molecule has 0 spiro atoms. The summed E-state index contributed by atoms with van der Waals surface area (Å²) in [6, 6.07) is 9.08. The van der Waals surface area contributed by atoms with Gasteiger partial charge in [-0.15, -0.1) is 0 Å².